The molecule has 0 saturated carbocycles. The van der Waals surface area contributed by atoms with Crippen molar-refractivity contribution < 1.29 is 14.7 Å². The summed E-state index contributed by atoms with van der Waals surface area (Å²) >= 11 is 4.86. The number of aromatic nitrogens is 2. The lowest BCUT2D eigenvalue weighted by molar-refractivity contribution is 0.402. The lowest BCUT2D eigenvalue weighted by Gasteiger charge is -1.98. The normalized spacial score (nSPS) is 10.8. The number of benzene rings is 1. The van der Waals surface area contributed by atoms with Crippen molar-refractivity contribution in [3.63, 3.8) is 0 Å². The Morgan fingerprint density at radius 1 is 1.16 bits per heavy atom. The van der Waals surface area contributed by atoms with E-state index in [0.29, 0.717) is 11.4 Å². The maximum Gasteiger partial charge on any atom is 0.258 e. The topological polar surface area (TPSA) is 79.4 Å². The number of hydrogen-bond donors (Lipinski definition) is 2. The molecular weight excluding hydrogens is 332 g/mol. The quantitative estimate of drug-likeness (QED) is 0.697. The van der Waals surface area contributed by atoms with Gasteiger partial charge in [-0.15, -0.1) is 11.3 Å². The zero-order chi connectivity index (χ0) is 13.4. The van der Waals surface area contributed by atoms with Gasteiger partial charge in [-0.2, -0.15) is 4.98 Å². The molecule has 2 aromatic heterocycles. The zero-order valence-electron chi connectivity index (χ0n) is 9.37. The highest BCUT2D eigenvalue weighted by Gasteiger charge is 2.13. The highest BCUT2D eigenvalue weighted by Crippen LogP contribution is 2.32. The molecule has 7 heteroatoms. The molecule has 0 aliphatic carbocycles. The first-order chi connectivity index (χ1) is 9.13. The van der Waals surface area contributed by atoms with E-state index in [0.717, 1.165) is 9.35 Å². The van der Waals surface area contributed by atoms with Gasteiger partial charge in [-0.05, 0) is 40.2 Å². The van der Waals surface area contributed by atoms with Crippen LogP contribution in [0, 0.1) is 0 Å². The third-order valence-electron chi connectivity index (χ3n) is 2.44. The largest absolute Gasteiger partial charge is 0.504 e. The minimum atomic E-state index is -0.226. The molecule has 5 nitrogen and oxygen atoms in total. The van der Waals surface area contributed by atoms with Crippen LogP contribution >= 0.6 is 27.3 Å². The maximum atomic E-state index is 9.44. The van der Waals surface area contributed by atoms with Crippen LogP contribution in [-0.2, 0) is 0 Å². The molecule has 96 valence electrons. The lowest BCUT2D eigenvalue weighted by Crippen LogP contribution is -1.79. The number of halogens is 1. The Kier molecular flexibility index (Phi) is 3.00. The number of phenols is 2. The van der Waals surface area contributed by atoms with Crippen LogP contribution in [-0.4, -0.2) is 20.4 Å². The number of phenolic OH excluding ortho intramolecular Hbond substituents is 2. The summed E-state index contributed by atoms with van der Waals surface area (Å²) in [7, 11) is 0. The summed E-state index contributed by atoms with van der Waals surface area (Å²) in [5.74, 6) is 0.356. The number of aromatic hydroxyl groups is 2. The van der Waals surface area contributed by atoms with Gasteiger partial charge >= 0.3 is 0 Å². The van der Waals surface area contributed by atoms with E-state index < -0.39 is 0 Å². The van der Waals surface area contributed by atoms with Crippen molar-refractivity contribution >= 4 is 27.3 Å². The second-order valence-corrected chi connectivity index (χ2v) is 5.58. The monoisotopic (exact) mass is 338 g/mol. The van der Waals surface area contributed by atoms with Gasteiger partial charge in [0.1, 0.15) is 0 Å². The van der Waals surface area contributed by atoms with Crippen LogP contribution in [0.15, 0.2) is 38.6 Å². The molecule has 19 heavy (non-hydrogen) atoms. The minimum Gasteiger partial charge on any atom is -0.504 e. The number of rotatable bonds is 2. The van der Waals surface area contributed by atoms with E-state index >= 15 is 0 Å². The van der Waals surface area contributed by atoms with E-state index in [9.17, 15) is 10.2 Å². The summed E-state index contributed by atoms with van der Waals surface area (Å²) in [6.45, 7) is 0. The Balaban J connectivity index is 1.98. The van der Waals surface area contributed by atoms with E-state index in [1.807, 2.05) is 11.4 Å². The fraction of sp³-hybridized carbons (Fsp3) is 0. The first-order valence-electron chi connectivity index (χ1n) is 5.24. The van der Waals surface area contributed by atoms with Gasteiger partial charge in [0.2, 0.25) is 5.82 Å². The van der Waals surface area contributed by atoms with Crippen molar-refractivity contribution in [3.05, 3.63) is 34.1 Å². The second-order valence-electron chi connectivity index (χ2n) is 3.76. The van der Waals surface area contributed by atoms with Crippen molar-refractivity contribution in [2.75, 3.05) is 0 Å². The third-order valence-corrected chi connectivity index (χ3v) is 4.12. The van der Waals surface area contributed by atoms with Crippen molar-refractivity contribution in [1.29, 1.82) is 0 Å². The van der Waals surface area contributed by atoms with Crippen molar-refractivity contribution in [1.82, 2.24) is 10.1 Å². The number of thiophene rings is 1. The average molecular weight is 339 g/mol. The molecule has 0 unspecified atom stereocenters. The molecule has 0 bridgehead atoms. The first kappa shape index (κ1) is 12.2. The molecule has 0 saturated heterocycles. The van der Waals surface area contributed by atoms with E-state index in [-0.39, 0.29) is 17.4 Å². The molecule has 0 radical (unpaired) electrons. The molecule has 2 heterocycles. The molecule has 1 aromatic carbocycles. The van der Waals surface area contributed by atoms with Gasteiger partial charge in [0.15, 0.2) is 11.5 Å². The molecule has 0 amide bonds. The molecule has 3 aromatic rings. The van der Waals surface area contributed by atoms with E-state index in [1.165, 1.54) is 23.5 Å². The van der Waals surface area contributed by atoms with Gasteiger partial charge in [-0.3, -0.25) is 0 Å². The van der Waals surface area contributed by atoms with Gasteiger partial charge in [0.25, 0.3) is 5.89 Å². The van der Waals surface area contributed by atoms with E-state index in [2.05, 4.69) is 26.1 Å². The summed E-state index contributed by atoms with van der Waals surface area (Å²) in [4.78, 5) is 5.13. The van der Waals surface area contributed by atoms with Crippen LogP contribution in [0.4, 0.5) is 0 Å². The fourth-order valence-electron chi connectivity index (χ4n) is 1.53. The Labute approximate surface area is 120 Å². The summed E-state index contributed by atoms with van der Waals surface area (Å²) in [6.07, 6.45) is 0. The van der Waals surface area contributed by atoms with Crippen LogP contribution in [0.3, 0.4) is 0 Å². The third kappa shape index (κ3) is 2.34. The Bertz CT molecular complexity index is 738. The van der Waals surface area contributed by atoms with Gasteiger partial charge < -0.3 is 14.7 Å². The molecule has 3 rings (SSSR count). The van der Waals surface area contributed by atoms with E-state index in [4.69, 9.17) is 4.52 Å². The number of nitrogens with zero attached hydrogens (tertiary/aromatic N) is 2. The Hall–Kier alpha value is -1.86. The van der Waals surface area contributed by atoms with Crippen molar-refractivity contribution in [2.45, 2.75) is 0 Å². The molecule has 0 aliphatic rings. The summed E-state index contributed by atoms with van der Waals surface area (Å²) in [5.41, 5.74) is 0.546. The van der Waals surface area contributed by atoms with Crippen LogP contribution in [0.5, 0.6) is 11.5 Å². The maximum absolute atomic E-state index is 9.44. The van der Waals surface area contributed by atoms with E-state index in [1.54, 1.807) is 6.07 Å². The van der Waals surface area contributed by atoms with Gasteiger partial charge in [0, 0.05) is 15.4 Å². The smallest absolute Gasteiger partial charge is 0.258 e. The fourth-order valence-corrected chi connectivity index (χ4v) is 2.88. The zero-order valence-corrected chi connectivity index (χ0v) is 11.8. The standard InChI is InChI=1S/C12H7BrN2O3S/c13-7-4-10(19-5-7)11-14-12(18-15-11)6-1-2-8(16)9(17)3-6/h1-5,16-17H. The van der Waals surface area contributed by atoms with Crippen LogP contribution in [0.1, 0.15) is 0 Å². The van der Waals surface area contributed by atoms with Crippen molar-refractivity contribution in [3.8, 4) is 33.7 Å². The van der Waals surface area contributed by atoms with Crippen LogP contribution in [0.2, 0.25) is 0 Å². The minimum absolute atomic E-state index is 0.189. The molecular formula is C12H7BrN2O3S. The predicted molar refractivity (Wildman–Crippen MR) is 74.1 cm³/mol. The Morgan fingerprint density at radius 3 is 2.68 bits per heavy atom. The van der Waals surface area contributed by atoms with Crippen LogP contribution < -0.4 is 0 Å². The first-order valence-corrected chi connectivity index (χ1v) is 6.91. The number of hydrogen-bond acceptors (Lipinski definition) is 6. The lowest BCUT2D eigenvalue weighted by atomic mass is 10.2. The molecule has 0 aliphatic heterocycles. The van der Waals surface area contributed by atoms with Crippen LogP contribution in [0.25, 0.3) is 22.2 Å². The molecule has 0 fully saturated rings. The molecule has 0 atom stereocenters. The second kappa shape index (κ2) is 4.67. The molecule has 0 spiro atoms. The van der Waals surface area contributed by atoms with Crippen molar-refractivity contribution in [2.24, 2.45) is 0 Å². The summed E-state index contributed by atoms with van der Waals surface area (Å²) < 4.78 is 6.11. The van der Waals surface area contributed by atoms with Gasteiger partial charge in [-0.1, -0.05) is 5.16 Å². The highest BCUT2D eigenvalue weighted by molar-refractivity contribution is 9.10. The molecule has 2 N–H and O–H groups in total. The predicted octanol–water partition coefficient (Wildman–Crippen LogP) is 3.64. The average Bonchev–Trinajstić information content (AvgIpc) is 3.01. The highest BCUT2D eigenvalue weighted by atomic mass is 79.9. The Morgan fingerprint density at radius 2 is 2.00 bits per heavy atom. The van der Waals surface area contributed by atoms with Gasteiger partial charge in [-0.25, -0.2) is 0 Å². The van der Waals surface area contributed by atoms with Gasteiger partial charge in [0.05, 0.1) is 4.88 Å². The summed E-state index contributed by atoms with van der Waals surface area (Å²) in [6, 6.07) is 6.23. The SMILES string of the molecule is Oc1ccc(-c2nc(-c3cc(Br)cs3)no2)cc1O. The summed E-state index contributed by atoms with van der Waals surface area (Å²) in [5, 5.41) is 24.5.